The fourth-order valence-corrected chi connectivity index (χ4v) is 5.45. The Bertz CT molecular complexity index is 1010. The molecule has 3 heterocycles. The van der Waals surface area contributed by atoms with Crippen LogP contribution >= 0.6 is 0 Å². The average molecular weight is 448 g/mol. The first-order valence-electron chi connectivity index (χ1n) is 10.5. The molecule has 1 amide bonds. The van der Waals surface area contributed by atoms with Crippen molar-refractivity contribution in [2.24, 2.45) is 11.8 Å². The molecule has 2 atom stereocenters. The fraction of sp³-hybridized carbons (Fsp3) is 0.524. The summed E-state index contributed by atoms with van der Waals surface area (Å²) >= 11 is 0. The summed E-state index contributed by atoms with van der Waals surface area (Å²) in [6, 6.07) is 7.65. The Morgan fingerprint density at radius 3 is 2.55 bits per heavy atom. The number of rotatable bonds is 5. The molecule has 2 aliphatic heterocycles. The van der Waals surface area contributed by atoms with E-state index < -0.39 is 16.1 Å². The Hall–Kier alpha value is -2.43. The summed E-state index contributed by atoms with van der Waals surface area (Å²) in [5.41, 5.74) is 2.57. The van der Waals surface area contributed by atoms with Gasteiger partial charge in [0, 0.05) is 18.8 Å². The number of ether oxygens (including phenoxy) is 1. The predicted molar refractivity (Wildman–Crippen MR) is 118 cm³/mol. The van der Waals surface area contributed by atoms with Crippen molar-refractivity contribution in [1.82, 2.24) is 19.6 Å². The van der Waals surface area contributed by atoms with E-state index >= 15 is 0 Å². The van der Waals surface area contributed by atoms with E-state index in [0.717, 1.165) is 42.9 Å². The molecule has 3 N–H and O–H groups in total. The van der Waals surface area contributed by atoms with Gasteiger partial charge in [-0.3, -0.25) is 5.32 Å². The van der Waals surface area contributed by atoms with Crippen LogP contribution in [0.2, 0.25) is 0 Å². The van der Waals surface area contributed by atoms with E-state index in [9.17, 15) is 13.2 Å². The number of amides is 1. The number of methoxy groups -OCH3 is 1. The van der Waals surface area contributed by atoms with Crippen LogP contribution in [0, 0.1) is 11.8 Å². The minimum absolute atomic E-state index is 0.173. The number of aromatic amines is 1. The molecule has 0 unspecified atom stereocenters. The number of carbonyl (C=O) groups is 1. The summed E-state index contributed by atoms with van der Waals surface area (Å²) in [7, 11) is -1.76. The maximum Gasteiger partial charge on any atom is 0.411 e. The summed E-state index contributed by atoms with van der Waals surface area (Å²) in [5.74, 6) is 1.99. The number of aromatic nitrogens is 2. The first-order chi connectivity index (χ1) is 14.8. The minimum Gasteiger partial charge on any atom is -0.453 e. The Kier molecular flexibility index (Phi) is 6.31. The number of carbonyl (C=O) groups excluding carboxylic acids is 1. The van der Waals surface area contributed by atoms with Crippen LogP contribution in [0.25, 0.3) is 11.3 Å². The second kappa shape index (κ2) is 8.97. The molecule has 0 radical (unpaired) electrons. The summed E-state index contributed by atoms with van der Waals surface area (Å²) < 4.78 is 29.6. The number of H-pyrrole nitrogens is 1. The third kappa shape index (κ3) is 5.08. The van der Waals surface area contributed by atoms with Crippen molar-refractivity contribution < 1.29 is 17.9 Å². The summed E-state index contributed by atoms with van der Waals surface area (Å²) in [6.07, 6.45) is 5.46. The lowest BCUT2D eigenvalue weighted by molar-refractivity contribution is 0.187. The lowest BCUT2D eigenvalue weighted by atomic mass is 9.83. The molecule has 2 saturated heterocycles. The van der Waals surface area contributed by atoms with Gasteiger partial charge in [-0.25, -0.2) is 22.5 Å². The van der Waals surface area contributed by atoms with Gasteiger partial charge in [0.1, 0.15) is 5.82 Å². The van der Waals surface area contributed by atoms with Gasteiger partial charge in [-0.2, -0.15) is 0 Å². The lowest BCUT2D eigenvalue weighted by Gasteiger charge is -2.33. The second-order valence-corrected chi connectivity index (χ2v) is 10.3. The van der Waals surface area contributed by atoms with Crippen LogP contribution in [0.4, 0.5) is 10.5 Å². The highest BCUT2D eigenvalue weighted by atomic mass is 32.2. The Balaban J connectivity index is 1.34. The van der Waals surface area contributed by atoms with E-state index in [1.54, 1.807) is 4.31 Å². The number of hydrogen-bond donors (Lipinski definition) is 3. The quantitative estimate of drug-likeness (QED) is 0.649. The Labute approximate surface area is 182 Å². The van der Waals surface area contributed by atoms with Crippen molar-refractivity contribution in [2.75, 3.05) is 38.3 Å². The standard InChI is InChI=1S/C21H29N5O4S/c1-30-21(27)24-17-5-3-15(4-6-17)19-13-23-20(25-19)18-11-16(12-22-18)14-7-9-26(10-8-14)31(2,28)29/h3-6,13-14,16,18,22H,7-12H2,1-2H3,(H,23,25)(H,24,27)/t16-,18-/m0/s1. The average Bonchev–Trinajstić information content (AvgIpc) is 3.43. The van der Waals surface area contributed by atoms with Gasteiger partial charge in [0.2, 0.25) is 10.0 Å². The van der Waals surface area contributed by atoms with E-state index in [0.29, 0.717) is 30.6 Å². The number of sulfonamides is 1. The van der Waals surface area contributed by atoms with Crippen molar-refractivity contribution >= 4 is 21.8 Å². The maximum absolute atomic E-state index is 11.7. The maximum atomic E-state index is 11.7. The van der Waals surface area contributed by atoms with Crippen LogP contribution in [0.15, 0.2) is 30.5 Å². The third-order valence-corrected chi connectivity index (χ3v) is 7.66. The molecule has 0 spiro atoms. The number of hydrogen-bond acceptors (Lipinski definition) is 6. The molecule has 168 valence electrons. The highest BCUT2D eigenvalue weighted by Crippen LogP contribution is 2.36. The Morgan fingerprint density at radius 2 is 1.90 bits per heavy atom. The van der Waals surface area contributed by atoms with Crippen molar-refractivity contribution in [3.8, 4) is 11.3 Å². The molecule has 4 rings (SSSR count). The number of nitrogens with zero attached hydrogens (tertiary/aromatic N) is 2. The smallest absolute Gasteiger partial charge is 0.411 e. The van der Waals surface area contributed by atoms with Crippen LogP contribution < -0.4 is 10.6 Å². The van der Waals surface area contributed by atoms with Gasteiger partial charge in [-0.15, -0.1) is 0 Å². The molecule has 2 aromatic rings. The molecule has 1 aromatic carbocycles. The van der Waals surface area contributed by atoms with Gasteiger partial charge in [-0.05, 0) is 55.3 Å². The number of anilines is 1. The summed E-state index contributed by atoms with van der Waals surface area (Å²) in [4.78, 5) is 19.3. The van der Waals surface area contributed by atoms with Crippen LogP contribution in [0.5, 0.6) is 0 Å². The third-order valence-electron chi connectivity index (χ3n) is 6.35. The molecule has 9 nitrogen and oxygen atoms in total. The molecule has 0 bridgehead atoms. The van der Waals surface area contributed by atoms with Gasteiger partial charge in [-0.1, -0.05) is 12.1 Å². The number of piperidine rings is 1. The SMILES string of the molecule is COC(=O)Nc1ccc(-c2cnc([C@@H]3C[C@H](C4CCN(S(C)(=O)=O)CC4)CN3)[nH]2)cc1. The number of nitrogens with one attached hydrogen (secondary N) is 3. The van der Waals surface area contributed by atoms with Crippen LogP contribution in [-0.4, -0.2) is 61.8 Å². The van der Waals surface area contributed by atoms with Crippen molar-refractivity contribution in [2.45, 2.75) is 25.3 Å². The van der Waals surface area contributed by atoms with Gasteiger partial charge in [0.05, 0.1) is 31.3 Å². The number of benzene rings is 1. The summed E-state index contributed by atoms with van der Waals surface area (Å²) in [6.45, 7) is 2.17. The van der Waals surface area contributed by atoms with Gasteiger partial charge >= 0.3 is 6.09 Å². The van der Waals surface area contributed by atoms with E-state index in [4.69, 9.17) is 0 Å². The molecular weight excluding hydrogens is 418 g/mol. The van der Waals surface area contributed by atoms with Gasteiger partial charge in [0.25, 0.3) is 0 Å². The highest BCUT2D eigenvalue weighted by molar-refractivity contribution is 7.88. The molecule has 10 heteroatoms. The van der Waals surface area contributed by atoms with E-state index in [1.165, 1.54) is 13.4 Å². The molecule has 0 aliphatic carbocycles. The Morgan fingerprint density at radius 1 is 1.19 bits per heavy atom. The zero-order valence-corrected chi connectivity index (χ0v) is 18.6. The molecular formula is C21H29N5O4S. The minimum atomic E-state index is -3.08. The molecule has 0 saturated carbocycles. The highest BCUT2D eigenvalue weighted by Gasteiger charge is 2.35. The predicted octanol–water partition coefficient (Wildman–Crippen LogP) is 2.58. The van der Waals surface area contributed by atoms with Crippen molar-refractivity contribution in [3.63, 3.8) is 0 Å². The first kappa shape index (κ1) is 21.8. The number of imidazole rings is 1. The van der Waals surface area contributed by atoms with E-state index in [1.807, 2.05) is 30.5 Å². The van der Waals surface area contributed by atoms with Crippen LogP contribution in [0.3, 0.4) is 0 Å². The largest absolute Gasteiger partial charge is 0.453 e. The summed E-state index contributed by atoms with van der Waals surface area (Å²) in [5, 5.41) is 6.21. The molecule has 1 aromatic heterocycles. The van der Waals surface area contributed by atoms with Gasteiger partial charge < -0.3 is 15.0 Å². The van der Waals surface area contributed by atoms with Crippen molar-refractivity contribution in [1.29, 1.82) is 0 Å². The zero-order valence-electron chi connectivity index (χ0n) is 17.8. The lowest BCUT2D eigenvalue weighted by Crippen LogP contribution is -2.39. The first-order valence-corrected chi connectivity index (χ1v) is 12.4. The monoisotopic (exact) mass is 447 g/mol. The van der Waals surface area contributed by atoms with E-state index in [2.05, 4.69) is 25.3 Å². The fourth-order valence-electron chi connectivity index (χ4n) is 4.57. The van der Waals surface area contributed by atoms with Crippen LogP contribution in [-0.2, 0) is 14.8 Å². The second-order valence-electron chi connectivity index (χ2n) is 8.33. The topological polar surface area (TPSA) is 116 Å². The normalized spacial score (nSPS) is 23.0. The molecule has 31 heavy (non-hydrogen) atoms. The zero-order chi connectivity index (χ0) is 22.0. The van der Waals surface area contributed by atoms with Crippen molar-refractivity contribution in [3.05, 3.63) is 36.3 Å². The van der Waals surface area contributed by atoms with Gasteiger partial charge in [0.15, 0.2) is 0 Å². The van der Waals surface area contributed by atoms with E-state index in [-0.39, 0.29) is 6.04 Å². The van der Waals surface area contributed by atoms with Crippen LogP contribution in [0.1, 0.15) is 31.1 Å². The molecule has 2 aliphatic rings. The molecule has 2 fully saturated rings.